The van der Waals surface area contributed by atoms with Gasteiger partial charge in [-0.1, -0.05) is 100 Å². The molecule has 0 aromatic heterocycles. The van der Waals surface area contributed by atoms with Crippen LogP contribution in [0.1, 0.15) is 57.4 Å². The van der Waals surface area contributed by atoms with Crippen molar-refractivity contribution in [1.29, 1.82) is 0 Å². The van der Waals surface area contributed by atoms with Crippen LogP contribution < -0.4 is 24.4 Å². The second kappa shape index (κ2) is 20.3. The monoisotopic (exact) mass is 621 g/mol. The predicted octanol–water partition coefficient (Wildman–Crippen LogP) is 6.68. The van der Waals surface area contributed by atoms with E-state index in [1.54, 1.807) is 0 Å². The number of fused-ring (bicyclic) bond motifs is 2. The van der Waals surface area contributed by atoms with Crippen molar-refractivity contribution in [3.05, 3.63) is 84.4 Å². The summed E-state index contributed by atoms with van der Waals surface area (Å²) >= 11 is 0. The van der Waals surface area contributed by atoms with Crippen molar-refractivity contribution in [3.8, 4) is 23.0 Å². The van der Waals surface area contributed by atoms with Gasteiger partial charge in [-0.15, -0.1) is 0 Å². The highest BCUT2D eigenvalue weighted by molar-refractivity contribution is 5.79. The number of ether oxygens (including phenoxy) is 6. The number of unbranched alkanes of at least 4 members (excludes halogenated alkanes) is 5. The first-order valence-corrected chi connectivity index (χ1v) is 16.1. The summed E-state index contributed by atoms with van der Waals surface area (Å²) < 4.78 is 36.4. The highest BCUT2D eigenvalue weighted by Gasteiger charge is 2.26. The fraction of sp³-hybridized carbons (Fsp3) is 0.472. The van der Waals surface area contributed by atoms with Gasteiger partial charge in [-0.2, -0.15) is 0 Å². The van der Waals surface area contributed by atoms with Crippen molar-refractivity contribution in [1.82, 2.24) is 5.48 Å². The van der Waals surface area contributed by atoms with Gasteiger partial charge in [0.1, 0.15) is 38.6 Å². The number of rotatable bonds is 13. The summed E-state index contributed by atoms with van der Waals surface area (Å²) in [7, 11) is 0. The van der Waals surface area contributed by atoms with E-state index in [1.165, 1.54) is 19.3 Å². The molecule has 0 saturated heterocycles. The van der Waals surface area contributed by atoms with E-state index < -0.39 is 12.2 Å². The molecule has 0 radical (unpaired) electrons. The molecule has 0 aliphatic carbocycles. The van der Waals surface area contributed by atoms with E-state index >= 15 is 0 Å². The fourth-order valence-electron chi connectivity index (χ4n) is 4.83. The van der Waals surface area contributed by atoms with Gasteiger partial charge in [0.05, 0.1) is 19.8 Å². The number of amides is 1. The Morgan fingerprint density at radius 1 is 0.711 bits per heavy atom. The van der Waals surface area contributed by atoms with Crippen molar-refractivity contribution in [2.75, 3.05) is 39.6 Å². The Morgan fingerprint density at radius 2 is 1.24 bits per heavy atom. The summed E-state index contributed by atoms with van der Waals surface area (Å²) in [6.07, 6.45) is 5.78. The number of nitrogens with one attached hydrogen (secondary N) is 1. The number of carbonyl (C=O) groups is 1. The van der Waals surface area contributed by atoms with Gasteiger partial charge in [0.15, 0.2) is 23.0 Å². The van der Waals surface area contributed by atoms with Crippen LogP contribution in [-0.4, -0.2) is 57.8 Å². The first kappa shape index (κ1) is 34.1. The zero-order chi connectivity index (χ0) is 31.4. The highest BCUT2D eigenvalue weighted by atomic mass is 16.7. The average molecular weight is 622 g/mol. The molecule has 45 heavy (non-hydrogen) atoms. The topological polar surface area (TPSA) is 93.7 Å². The lowest BCUT2D eigenvalue weighted by Crippen LogP contribution is -2.42. The number of carbonyl (C=O) groups excluding carboxylic acids is 1. The maximum atomic E-state index is 13.4. The lowest BCUT2D eigenvalue weighted by Gasteiger charge is -2.25. The molecule has 3 aromatic rings. The smallest absolute Gasteiger partial charge is 0.272 e. The van der Waals surface area contributed by atoms with Gasteiger partial charge in [0.25, 0.3) is 5.91 Å². The Hall–Kier alpha value is -3.79. The molecule has 3 aromatic carbocycles. The van der Waals surface area contributed by atoms with Crippen LogP contribution in [0.15, 0.2) is 78.9 Å². The van der Waals surface area contributed by atoms with Crippen LogP contribution in [0.25, 0.3) is 0 Å². The SMILES string of the molecule is CCCCCCCCC(OC1COc2ccccc2OCCOCCOc2ccccc2OC1)C(=O)NOCc1ccccc1. The van der Waals surface area contributed by atoms with E-state index in [0.29, 0.717) is 55.8 Å². The van der Waals surface area contributed by atoms with Gasteiger partial charge in [0.2, 0.25) is 0 Å². The third-order valence-corrected chi connectivity index (χ3v) is 7.24. The summed E-state index contributed by atoms with van der Waals surface area (Å²) in [5.74, 6) is 2.02. The van der Waals surface area contributed by atoms with Crippen molar-refractivity contribution in [2.45, 2.75) is 70.7 Å². The number of hydrogen-bond donors (Lipinski definition) is 1. The normalized spacial score (nSPS) is 15.2. The van der Waals surface area contributed by atoms with E-state index in [1.807, 2.05) is 78.9 Å². The first-order chi connectivity index (χ1) is 22.2. The summed E-state index contributed by atoms with van der Waals surface area (Å²) in [6, 6.07) is 24.6. The van der Waals surface area contributed by atoms with Gasteiger partial charge in [0, 0.05) is 0 Å². The van der Waals surface area contributed by atoms with Gasteiger partial charge in [-0.05, 0) is 36.2 Å². The second-order valence-corrected chi connectivity index (χ2v) is 10.9. The van der Waals surface area contributed by atoms with Crippen LogP contribution in [0.2, 0.25) is 0 Å². The first-order valence-electron chi connectivity index (χ1n) is 16.1. The molecule has 9 nitrogen and oxygen atoms in total. The average Bonchev–Trinajstić information content (AvgIpc) is 3.07. The molecule has 1 amide bonds. The summed E-state index contributed by atoms with van der Waals surface area (Å²) in [5.41, 5.74) is 3.57. The Bertz CT molecular complexity index is 1180. The molecular formula is C36H47NO8. The molecule has 0 spiro atoms. The maximum Gasteiger partial charge on any atom is 0.272 e. The van der Waals surface area contributed by atoms with Crippen molar-refractivity contribution in [2.24, 2.45) is 0 Å². The molecule has 244 valence electrons. The molecule has 1 atom stereocenters. The summed E-state index contributed by atoms with van der Waals surface area (Å²) in [6.45, 7) is 4.26. The van der Waals surface area contributed by atoms with E-state index in [2.05, 4.69) is 12.4 Å². The maximum absolute atomic E-state index is 13.4. The molecule has 1 heterocycles. The van der Waals surface area contributed by atoms with E-state index in [0.717, 1.165) is 24.8 Å². The Morgan fingerprint density at radius 3 is 1.84 bits per heavy atom. The Balaban J connectivity index is 1.47. The quantitative estimate of drug-likeness (QED) is 0.167. The van der Waals surface area contributed by atoms with Crippen LogP contribution in [0, 0.1) is 0 Å². The lowest BCUT2D eigenvalue weighted by atomic mass is 10.1. The van der Waals surface area contributed by atoms with Crippen molar-refractivity contribution < 1.29 is 38.1 Å². The third kappa shape index (κ3) is 12.6. The van der Waals surface area contributed by atoms with E-state index in [4.69, 9.17) is 33.3 Å². The van der Waals surface area contributed by atoms with Gasteiger partial charge in [-0.25, -0.2) is 5.48 Å². The molecule has 1 aliphatic rings. The molecule has 9 heteroatoms. The predicted molar refractivity (Wildman–Crippen MR) is 172 cm³/mol. The molecule has 0 fully saturated rings. The van der Waals surface area contributed by atoms with Crippen molar-refractivity contribution >= 4 is 5.91 Å². The minimum Gasteiger partial charge on any atom is -0.487 e. The Labute approximate surface area is 267 Å². The van der Waals surface area contributed by atoms with Crippen LogP contribution in [-0.2, 0) is 25.7 Å². The fourth-order valence-corrected chi connectivity index (χ4v) is 4.83. The highest BCUT2D eigenvalue weighted by Crippen LogP contribution is 2.29. The molecule has 4 rings (SSSR count). The number of para-hydroxylation sites is 4. The lowest BCUT2D eigenvalue weighted by molar-refractivity contribution is -0.153. The molecule has 1 unspecified atom stereocenters. The van der Waals surface area contributed by atoms with E-state index in [-0.39, 0.29) is 25.7 Å². The zero-order valence-electron chi connectivity index (χ0n) is 26.3. The van der Waals surface area contributed by atoms with Gasteiger partial charge < -0.3 is 28.4 Å². The Kier molecular flexibility index (Phi) is 15.4. The van der Waals surface area contributed by atoms with E-state index in [9.17, 15) is 4.79 Å². The number of hydrogen-bond acceptors (Lipinski definition) is 8. The molecule has 0 saturated carbocycles. The molecular weight excluding hydrogens is 574 g/mol. The summed E-state index contributed by atoms with van der Waals surface area (Å²) in [4.78, 5) is 19.0. The van der Waals surface area contributed by atoms with Crippen LogP contribution in [0.3, 0.4) is 0 Å². The largest absolute Gasteiger partial charge is 0.487 e. The standard InChI is InChI=1S/C36H47NO8/c1-2-3-4-5-6-10-21-35(36(38)37-44-26-29-15-8-7-9-16-29)45-30-27-42-33-19-13-11-17-31(33)40-24-22-39-23-25-41-32-18-12-14-20-34(32)43-28-30/h7-9,11-20,30,35H,2-6,10,21-28H2,1H3,(H,37,38). The summed E-state index contributed by atoms with van der Waals surface area (Å²) in [5, 5.41) is 0. The van der Waals surface area contributed by atoms with Crippen LogP contribution in [0.5, 0.6) is 23.0 Å². The zero-order valence-corrected chi connectivity index (χ0v) is 26.3. The third-order valence-electron chi connectivity index (χ3n) is 7.24. The second-order valence-electron chi connectivity index (χ2n) is 10.9. The van der Waals surface area contributed by atoms with Crippen LogP contribution >= 0.6 is 0 Å². The van der Waals surface area contributed by atoms with Gasteiger partial charge >= 0.3 is 0 Å². The minimum absolute atomic E-state index is 0.130. The molecule has 1 aliphatic heterocycles. The minimum atomic E-state index is -0.759. The number of hydroxylamine groups is 1. The molecule has 0 bridgehead atoms. The number of benzene rings is 3. The van der Waals surface area contributed by atoms with Gasteiger partial charge in [-0.3, -0.25) is 9.63 Å². The molecule has 1 N–H and O–H groups in total. The van der Waals surface area contributed by atoms with Crippen LogP contribution in [0.4, 0.5) is 0 Å². The van der Waals surface area contributed by atoms with Crippen molar-refractivity contribution in [3.63, 3.8) is 0 Å².